The number of nitrogens with zero attached hydrogens (tertiary/aromatic N) is 4. The molecule has 9 heteroatoms. The molecular weight excluding hydrogens is 375 g/mol. The second-order valence-corrected chi connectivity index (χ2v) is 7.71. The van der Waals surface area contributed by atoms with Crippen LogP contribution in [0, 0.1) is 5.92 Å². The van der Waals surface area contributed by atoms with Crippen LogP contribution in [0.4, 0.5) is 10.2 Å². The zero-order valence-corrected chi connectivity index (χ0v) is 15.8. The summed E-state index contributed by atoms with van der Waals surface area (Å²) in [5.41, 5.74) is 2.54. The van der Waals surface area contributed by atoms with Crippen molar-refractivity contribution in [2.24, 2.45) is 5.92 Å². The molecule has 29 heavy (non-hydrogen) atoms. The Balaban J connectivity index is 1.34. The van der Waals surface area contributed by atoms with E-state index < -0.39 is 6.17 Å². The number of H-pyrrole nitrogens is 1. The first-order chi connectivity index (χ1) is 14.1. The SMILES string of the molecule is O=C(Nc1cn2cc(-c3cc(C(=O)N4CCC(F)CC4)[nH]n3)ccc2n1)C1CC1. The fourth-order valence-corrected chi connectivity index (χ4v) is 3.58. The summed E-state index contributed by atoms with van der Waals surface area (Å²) >= 11 is 0. The van der Waals surface area contributed by atoms with E-state index in [1.54, 1.807) is 17.2 Å². The van der Waals surface area contributed by atoms with Gasteiger partial charge in [0.15, 0.2) is 5.82 Å². The number of rotatable bonds is 4. The highest BCUT2D eigenvalue weighted by Gasteiger charge is 2.30. The van der Waals surface area contributed by atoms with Gasteiger partial charge in [0.05, 0.1) is 11.9 Å². The van der Waals surface area contributed by atoms with Crippen LogP contribution in [0.3, 0.4) is 0 Å². The average molecular weight is 396 g/mol. The van der Waals surface area contributed by atoms with E-state index in [1.165, 1.54) is 0 Å². The molecule has 2 fully saturated rings. The highest BCUT2D eigenvalue weighted by Crippen LogP contribution is 2.30. The third kappa shape index (κ3) is 3.59. The molecule has 4 heterocycles. The number of nitrogens with one attached hydrogen (secondary N) is 2. The first-order valence-corrected chi connectivity index (χ1v) is 9.85. The van der Waals surface area contributed by atoms with Crippen LogP contribution in [-0.2, 0) is 4.79 Å². The molecule has 8 nitrogen and oxygen atoms in total. The van der Waals surface area contributed by atoms with Gasteiger partial charge < -0.3 is 14.6 Å². The smallest absolute Gasteiger partial charge is 0.271 e. The van der Waals surface area contributed by atoms with Gasteiger partial charge in [-0.2, -0.15) is 5.10 Å². The normalized spacial score (nSPS) is 17.6. The summed E-state index contributed by atoms with van der Waals surface area (Å²) in [5.74, 6) is 0.490. The van der Waals surface area contributed by atoms with Crippen molar-refractivity contribution < 1.29 is 14.0 Å². The third-order valence-corrected chi connectivity index (χ3v) is 5.47. The molecule has 2 amide bonds. The number of alkyl halides is 1. The lowest BCUT2D eigenvalue weighted by atomic mass is 10.1. The molecule has 0 spiro atoms. The molecule has 150 valence electrons. The van der Waals surface area contributed by atoms with Gasteiger partial charge in [-0.3, -0.25) is 14.7 Å². The molecule has 2 aliphatic rings. The number of aromatic nitrogens is 4. The average Bonchev–Trinajstić information content (AvgIpc) is 3.32. The lowest BCUT2D eigenvalue weighted by molar-refractivity contribution is -0.117. The first kappa shape index (κ1) is 17.8. The third-order valence-electron chi connectivity index (χ3n) is 5.47. The zero-order chi connectivity index (χ0) is 20.0. The minimum Gasteiger partial charge on any atom is -0.337 e. The van der Waals surface area contributed by atoms with Gasteiger partial charge >= 0.3 is 0 Å². The molecule has 0 aromatic carbocycles. The van der Waals surface area contributed by atoms with E-state index in [1.807, 2.05) is 22.7 Å². The van der Waals surface area contributed by atoms with Crippen LogP contribution in [0.1, 0.15) is 36.2 Å². The Morgan fingerprint density at radius 2 is 1.93 bits per heavy atom. The number of amides is 2. The molecule has 1 aliphatic carbocycles. The molecule has 1 saturated heterocycles. The first-order valence-electron chi connectivity index (χ1n) is 9.85. The van der Waals surface area contributed by atoms with Gasteiger partial charge in [0, 0.05) is 30.8 Å². The Kier molecular flexibility index (Phi) is 4.30. The number of carbonyl (C=O) groups is 2. The van der Waals surface area contributed by atoms with Gasteiger partial charge in [-0.15, -0.1) is 0 Å². The molecule has 5 rings (SSSR count). The summed E-state index contributed by atoms with van der Waals surface area (Å²) in [6.45, 7) is 0.843. The van der Waals surface area contributed by atoms with Crippen LogP contribution in [0.5, 0.6) is 0 Å². The van der Waals surface area contributed by atoms with Gasteiger partial charge in [-0.25, -0.2) is 9.37 Å². The molecule has 2 N–H and O–H groups in total. The monoisotopic (exact) mass is 396 g/mol. The van der Waals surface area contributed by atoms with Gasteiger partial charge in [0.2, 0.25) is 5.91 Å². The van der Waals surface area contributed by atoms with Gasteiger partial charge in [-0.05, 0) is 43.9 Å². The van der Waals surface area contributed by atoms with Crippen LogP contribution in [0.25, 0.3) is 16.9 Å². The summed E-state index contributed by atoms with van der Waals surface area (Å²) in [6, 6.07) is 5.41. The molecule has 0 bridgehead atoms. The van der Waals surface area contributed by atoms with Crippen molar-refractivity contribution in [2.75, 3.05) is 18.4 Å². The molecule has 1 aliphatic heterocycles. The van der Waals surface area contributed by atoms with Crippen LogP contribution in [-0.4, -0.2) is 55.6 Å². The molecule has 3 aromatic rings. The van der Waals surface area contributed by atoms with Crippen LogP contribution in [0.2, 0.25) is 0 Å². The maximum Gasteiger partial charge on any atom is 0.271 e. The van der Waals surface area contributed by atoms with E-state index in [-0.39, 0.29) is 17.7 Å². The zero-order valence-electron chi connectivity index (χ0n) is 15.8. The molecule has 3 aromatic heterocycles. The van der Waals surface area contributed by atoms with Gasteiger partial charge in [-0.1, -0.05) is 0 Å². The fourth-order valence-electron chi connectivity index (χ4n) is 3.58. The number of aromatic amines is 1. The van der Waals surface area contributed by atoms with E-state index in [9.17, 15) is 14.0 Å². The van der Waals surface area contributed by atoms with E-state index in [4.69, 9.17) is 0 Å². The number of anilines is 1. The standard InChI is InChI=1S/C20H21FN6O2/c21-14-5-7-26(8-6-14)20(29)16-9-15(24-25-16)13-3-4-18-22-17(11-27(18)10-13)23-19(28)12-1-2-12/h3-4,9-12,14H,1-2,5-8H2,(H,23,28)(H,24,25). The Morgan fingerprint density at radius 1 is 1.14 bits per heavy atom. The van der Waals surface area contributed by atoms with Gasteiger partial charge in [0.25, 0.3) is 5.91 Å². The minimum absolute atomic E-state index is 0.0147. The van der Waals surface area contributed by atoms with Crippen molar-refractivity contribution >= 4 is 23.3 Å². The number of imidazole rings is 1. The number of halogens is 1. The second kappa shape index (κ2) is 6.98. The molecular formula is C20H21FN6O2. The fraction of sp³-hybridized carbons (Fsp3) is 0.400. The second-order valence-electron chi connectivity index (χ2n) is 7.71. The summed E-state index contributed by atoms with van der Waals surface area (Å²) in [6.07, 6.45) is 5.43. The molecule has 1 saturated carbocycles. The van der Waals surface area contributed by atoms with Gasteiger partial charge in [0.1, 0.15) is 17.5 Å². The minimum atomic E-state index is -0.822. The van der Waals surface area contributed by atoms with E-state index in [0.717, 1.165) is 18.4 Å². The predicted molar refractivity (Wildman–Crippen MR) is 104 cm³/mol. The van der Waals surface area contributed by atoms with Crippen molar-refractivity contribution in [1.29, 1.82) is 0 Å². The number of carbonyl (C=O) groups excluding carboxylic acids is 2. The summed E-state index contributed by atoms with van der Waals surface area (Å²) in [4.78, 5) is 30.6. The highest BCUT2D eigenvalue weighted by molar-refractivity contribution is 5.94. The number of hydrogen-bond acceptors (Lipinski definition) is 4. The van der Waals surface area contributed by atoms with Crippen LogP contribution >= 0.6 is 0 Å². The number of likely N-dealkylation sites (tertiary alicyclic amines) is 1. The van der Waals surface area contributed by atoms with Crippen LogP contribution < -0.4 is 5.32 Å². The lowest BCUT2D eigenvalue weighted by Gasteiger charge is -2.28. The van der Waals surface area contributed by atoms with Crippen molar-refractivity contribution in [3.8, 4) is 11.3 Å². The van der Waals surface area contributed by atoms with Crippen LogP contribution in [0.15, 0.2) is 30.6 Å². The maximum absolute atomic E-state index is 13.3. The molecule has 0 atom stereocenters. The van der Waals surface area contributed by atoms with Crippen molar-refractivity contribution in [2.45, 2.75) is 31.9 Å². The van der Waals surface area contributed by atoms with E-state index in [0.29, 0.717) is 48.8 Å². The Bertz CT molecular complexity index is 1080. The van der Waals surface area contributed by atoms with Crippen molar-refractivity contribution in [1.82, 2.24) is 24.5 Å². The summed E-state index contributed by atoms with van der Waals surface area (Å²) in [5, 5.41) is 9.90. The quantitative estimate of drug-likeness (QED) is 0.709. The highest BCUT2D eigenvalue weighted by atomic mass is 19.1. The van der Waals surface area contributed by atoms with Crippen molar-refractivity contribution in [3.05, 3.63) is 36.3 Å². The molecule has 0 radical (unpaired) electrons. The van der Waals surface area contributed by atoms with E-state index >= 15 is 0 Å². The Morgan fingerprint density at radius 3 is 2.69 bits per heavy atom. The molecule has 0 unspecified atom stereocenters. The summed E-state index contributed by atoms with van der Waals surface area (Å²) in [7, 11) is 0. The lowest BCUT2D eigenvalue weighted by Crippen LogP contribution is -2.39. The maximum atomic E-state index is 13.3. The summed E-state index contributed by atoms with van der Waals surface area (Å²) < 4.78 is 15.1. The predicted octanol–water partition coefficient (Wildman–Crippen LogP) is 2.65. The number of pyridine rings is 1. The topological polar surface area (TPSA) is 95.4 Å². The number of piperidine rings is 1. The van der Waals surface area contributed by atoms with E-state index in [2.05, 4.69) is 20.5 Å². The Labute approximate surface area is 166 Å². The number of hydrogen-bond donors (Lipinski definition) is 2. The van der Waals surface area contributed by atoms with Crippen molar-refractivity contribution in [3.63, 3.8) is 0 Å². The Hall–Kier alpha value is -3.23. The number of fused-ring (bicyclic) bond motifs is 1. The largest absolute Gasteiger partial charge is 0.337 e.